The van der Waals surface area contributed by atoms with E-state index >= 15 is 0 Å². The number of carboxylic acid groups (broad SMARTS) is 1. The van der Waals surface area contributed by atoms with Crippen molar-refractivity contribution < 1.29 is 19.6 Å². The van der Waals surface area contributed by atoms with Crippen LogP contribution in [0.1, 0.15) is 36.2 Å². The van der Waals surface area contributed by atoms with E-state index in [1.54, 1.807) is 6.07 Å². The monoisotopic (exact) mass is 267 g/mol. The molecule has 1 saturated heterocycles. The van der Waals surface area contributed by atoms with E-state index in [0.29, 0.717) is 12.5 Å². The van der Waals surface area contributed by atoms with Gasteiger partial charge in [0.1, 0.15) is 5.56 Å². The predicted octanol–water partition coefficient (Wildman–Crippen LogP) is 2.65. The zero-order valence-electron chi connectivity index (χ0n) is 11.0. The van der Waals surface area contributed by atoms with Crippen LogP contribution in [0.4, 0.5) is 5.69 Å². The van der Waals surface area contributed by atoms with Gasteiger partial charge in [-0.15, -0.1) is 0 Å². The van der Waals surface area contributed by atoms with Crippen LogP contribution in [0, 0.1) is 10.1 Å². The summed E-state index contributed by atoms with van der Waals surface area (Å²) in [5, 5.41) is 19.2. The second-order valence-corrected chi connectivity index (χ2v) is 4.24. The Morgan fingerprint density at radius 3 is 2.47 bits per heavy atom. The highest BCUT2D eigenvalue weighted by atomic mass is 16.6. The fourth-order valence-electron chi connectivity index (χ4n) is 1.48. The number of nitro groups is 1. The van der Waals surface area contributed by atoms with Crippen molar-refractivity contribution in [2.45, 2.75) is 32.8 Å². The molecule has 0 amide bonds. The average molecular weight is 267 g/mol. The van der Waals surface area contributed by atoms with Crippen molar-refractivity contribution in [1.29, 1.82) is 0 Å². The fourth-order valence-corrected chi connectivity index (χ4v) is 1.48. The van der Waals surface area contributed by atoms with Crippen LogP contribution in [-0.2, 0) is 11.2 Å². The number of benzene rings is 1. The second kappa shape index (κ2) is 6.84. The number of carbonyl (C=O) groups is 1. The molecule has 0 radical (unpaired) electrons. The number of nitro benzene ring substituents is 1. The van der Waals surface area contributed by atoms with Crippen molar-refractivity contribution >= 4 is 11.7 Å². The lowest BCUT2D eigenvalue weighted by atomic mass is 10.1. The normalized spacial score (nSPS) is 16.8. The standard InChI is InChI=1S/C9H9NO4.C4H8O/c1-2-6-3-4-7(9(11)12)8(5-6)10(13)14;1-4-2-3-5-4/h3-5H,2H2,1H3,(H,11,12);4H,2-3H2,1H3. The molecule has 1 aromatic carbocycles. The van der Waals surface area contributed by atoms with E-state index in [-0.39, 0.29) is 11.3 Å². The van der Waals surface area contributed by atoms with Gasteiger partial charge in [-0.2, -0.15) is 0 Å². The number of hydrogen-bond donors (Lipinski definition) is 1. The number of aromatic carboxylic acids is 1. The zero-order valence-corrected chi connectivity index (χ0v) is 11.0. The van der Waals surface area contributed by atoms with Crippen molar-refractivity contribution in [3.8, 4) is 0 Å². The summed E-state index contributed by atoms with van der Waals surface area (Å²) in [5.74, 6) is -1.28. The quantitative estimate of drug-likeness (QED) is 0.671. The van der Waals surface area contributed by atoms with Crippen LogP contribution in [0.15, 0.2) is 18.2 Å². The molecule has 1 aliphatic heterocycles. The minimum Gasteiger partial charge on any atom is -0.477 e. The SMILES string of the molecule is CC1CCO1.CCc1ccc(C(=O)O)c([N+](=O)[O-])c1. The largest absolute Gasteiger partial charge is 0.477 e. The van der Waals surface area contributed by atoms with Crippen LogP contribution >= 0.6 is 0 Å². The fraction of sp³-hybridized carbons (Fsp3) is 0.462. The van der Waals surface area contributed by atoms with Gasteiger partial charge in [-0.05, 0) is 31.4 Å². The Morgan fingerprint density at radius 1 is 1.58 bits per heavy atom. The highest BCUT2D eigenvalue weighted by Gasteiger charge is 2.19. The second-order valence-electron chi connectivity index (χ2n) is 4.24. The third kappa shape index (κ3) is 4.33. The number of nitrogens with zero attached hydrogens (tertiary/aromatic N) is 1. The Hall–Kier alpha value is -1.95. The topological polar surface area (TPSA) is 89.7 Å². The highest BCUT2D eigenvalue weighted by Crippen LogP contribution is 2.20. The zero-order chi connectivity index (χ0) is 14.4. The first-order valence-electron chi connectivity index (χ1n) is 6.08. The van der Waals surface area contributed by atoms with E-state index in [4.69, 9.17) is 9.84 Å². The molecule has 6 heteroatoms. The Morgan fingerprint density at radius 2 is 2.16 bits per heavy atom. The Balaban J connectivity index is 0.000000300. The Kier molecular flexibility index (Phi) is 5.44. The van der Waals surface area contributed by atoms with Gasteiger partial charge in [0.15, 0.2) is 0 Å². The molecule has 1 N–H and O–H groups in total. The van der Waals surface area contributed by atoms with E-state index in [9.17, 15) is 14.9 Å². The molecule has 1 unspecified atom stereocenters. The molecule has 1 atom stereocenters. The third-order valence-electron chi connectivity index (χ3n) is 2.82. The first-order chi connectivity index (χ1) is 8.95. The lowest BCUT2D eigenvalue weighted by molar-refractivity contribution is -0.385. The van der Waals surface area contributed by atoms with E-state index < -0.39 is 10.9 Å². The number of hydrogen-bond acceptors (Lipinski definition) is 4. The van der Waals surface area contributed by atoms with Gasteiger partial charge >= 0.3 is 5.97 Å². The van der Waals surface area contributed by atoms with Gasteiger partial charge in [-0.3, -0.25) is 10.1 Å². The summed E-state index contributed by atoms with van der Waals surface area (Å²) in [5.41, 5.74) is 0.130. The number of rotatable bonds is 3. The van der Waals surface area contributed by atoms with Gasteiger partial charge in [0.25, 0.3) is 5.69 Å². The minimum absolute atomic E-state index is 0.271. The Labute approximate surface area is 111 Å². The molecule has 1 fully saturated rings. The van der Waals surface area contributed by atoms with E-state index in [1.165, 1.54) is 18.6 Å². The molecular formula is C13H17NO5. The molecule has 0 spiro atoms. The summed E-state index contributed by atoms with van der Waals surface area (Å²) in [6.45, 7) is 4.92. The summed E-state index contributed by atoms with van der Waals surface area (Å²) in [6.07, 6.45) is 2.47. The van der Waals surface area contributed by atoms with Gasteiger partial charge < -0.3 is 9.84 Å². The van der Waals surface area contributed by atoms with E-state index in [0.717, 1.165) is 12.2 Å². The molecular weight excluding hydrogens is 250 g/mol. The minimum atomic E-state index is -1.28. The van der Waals surface area contributed by atoms with Crippen LogP contribution in [0.3, 0.4) is 0 Å². The van der Waals surface area contributed by atoms with Gasteiger partial charge in [0, 0.05) is 12.7 Å². The molecule has 0 aromatic heterocycles. The maximum Gasteiger partial charge on any atom is 0.342 e. The van der Waals surface area contributed by atoms with Gasteiger partial charge in [0.2, 0.25) is 0 Å². The summed E-state index contributed by atoms with van der Waals surface area (Å²) < 4.78 is 4.93. The maximum absolute atomic E-state index is 10.6. The lowest BCUT2D eigenvalue weighted by Gasteiger charge is -2.20. The molecule has 0 saturated carbocycles. The van der Waals surface area contributed by atoms with E-state index in [2.05, 4.69) is 6.92 Å². The summed E-state index contributed by atoms with van der Waals surface area (Å²) in [4.78, 5) is 20.5. The van der Waals surface area contributed by atoms with Gasteiger partial charge in [-0.1, -0.05) is 13.0 Å². The van der Waals surface area contributed by atoms with Crippen molar-refractivity contribution in [3.05, 3.63) is 39.4 Å². The van der Waals surface area contributed by atoms with Crippen LogP contribution in [0.2, 0.25) is 0 Å². The summed E-state index contributed by atoms with van der Waals surface area (Å²) in [7, 11) is 0. The molecule has 1 aromatic rings. The molecule has 0 bridgehead atoms. The highest BCUT2D eigenvalue weighted by molar-refractivity contribution is 5.92. The molecule has 104 valence electrons. The van der Waals surface area contributed by atoms with Crippen LogP contribution in [0.25, 0.3) is 0 Å². The van der Waals surface area contributed by atoms with Crippen LogP contribution in [-0.4, -0.2) is 28.7 Å². The molecule has 0 aliphatic carbocycles. The van der Waals surface area contributed by atoms with Crippen LogP contribution < -0.4 is 0 Å². The van der Waals surface area contributed by atoms with Crippen LogP contribution in [0.5, 0.6) is 0 Å². The summed E-state index contributed by atoms with van der Waals surface area (Å²) >= 11 is 0. The molecule has 1 heterocycles. The lowest BCUT2D eigenvalue weighted by Crippen LogP contribution is -2.22. The third-order valence-corrected chi connectivity index (χ3v) is 2.82. The molecule has 2 rings (SSSR count). The van der Waals surface area contributed by atoms with Crippen molar-refractivity contribution in [1.82, 2.24) is 0 Å². The van der Waals surface area contributed by atoms with Crippen molar-refractivity contribution in [2.24, 2.45) is 0 Å². The van der Waals surface area contributed by atoms with E-state index in [1.807, 2.05) is 6.92 Å². The molecule has 19 heavy (non-hydrogen) atoms. The molecule has 6 nitrogen and oxygen atoms in total. The number of carboxylic acids is 1. The average Bonchev–Trinajstić information content (AvgIpc) is 2.36. The number of aryl methyl sites for hydroxylation is 1. The predicted molar refractivity (Wildman–Crippen MR) is 69.5 cm³/mol. The van der Waals surface area contributed by atoms with Crippen molar-refractivity contribution in [2.75, 3.05) is 6.61 Å². The number of ether oxygens (including phenoxy) is 1. The first kappa shape index (κ1) is 15.1. The smallest absolute Gasteiger partial charge is 0.342 e. The summed E-state index contributed by atoms with van der Waals surface area (Å²) in [6, 6.07) is 4.14. The maximum atomic E-state index is 10.6. The van der Waals surface area contributed by atoms with Gasteiger partial charge in [0.05, 0.1) is 11.0 Å². The first-order valence-corrected chi connectivity index (χ1v) is 6.08. The molecule has 1 aliphatic rings. The van der Waals surface area contributed by atoms with Crippen molar-refractivity contribution in [3.63, 3.8) is 0 Å². The van der Waals surface area contributed by atoms with Gasteiger partial charge in [-0.25, -0.2) is 4.79 Å². The Bertz CT molecular complexity index is 468.